The summed E-state index contributed by atoms with van der Waals surface area (Å²) >= 11 is 9.60. The fraction of sp³-hybridized carbons (Fsp3) is 0.545. The maximum absolute atomic E-state index is 6.04. The molecule has 16 heavy (non-hydrogen) atoms. The second-order valence-electron chi connectivity index (χ2n) is 3.72. The standard InChI is InChI=1S/C11H16BrClN2O/c1-15(7-10(12)8-16-2)6-9-3-4-14-5-11(9)13/h3-5,10H,6-8H2,1-2H3. The monoisotopic (exact) mass is 306 g/mol. The van der Waals surface area contributed by atoms with Gasteiger partial charge < -0.3 is 9.64 Å². The third-order valence-electron chi connectivity index (χ3n) is 2.15. The van der Waals surface area contributed by atoms with Crippen molar-refractivity contribution < 1.29 is 4.74 Å². The molecule has 1 unspecified atom stereocenters. The predicted molar refractivity (Wildman–Crippen MR) is 70.2 cm³/mol. The van der Waals surface area contributed by atoms with Crippen molar-refractivity contribution in [1.29, 1.82) is 0 Å². The highest BCUT2D eigenvalue weighted by molar-refractivity contribution is 9.09. The van der Waals surface area contributed by atoms with Gasteiger partial charge in [0.1, 0.15) is 0 Å². The lowest BCUT2D eigenvalue weighted by atomic mass is 10.2. The van der Waals surface area contributed by atoms with E-state index in [1.165, 1.54) is 0 Å². The summed E-state index contributed by atoms with van der Waals surface area (Å²) in [6.07, 6.45) is 3.43. The van der Waals surface area contributed by atoms with E-state index >= 15 is 0 Å². The van der Waals surface area contributed by atoms with Gasteiger partial charge in [0.15, 0.2) is 0 Å². The number of methoxy groups -OCH3 is 1. The van der Waals surface area contributed by atoms with Crippen LogP contribution in [0.2, 0.25) is 5.02 Å². The summed E-state index contributed by atoms with van der Waals surface area (Å²) in [5.41, 5.74) is 1.09. The molecule has 0 aliphatic rings. The van der Waals surface area contributed by atoms with Gasteiger partial charge in [-0.05, 0) is 18.7 Å². The van der Waals surface area contributed by atoms with Crippen molar-refractivity contribution in [2.75, 3.05) is 27.3 Å². The maximum atomic E-state index is 6.04. The Morgan fingerprint density at radius 1 is 1.62 bits per heavy atom. The fourth-order valence-corrected chi connectivity index (χ4v) is 2.40. The van der Waals surface area contributed by atoms with Gasteiger partial charge in [-0.25, -0.2) is 0 Å². The summed E-state index contributed by atoms with van der Waals surface area (Å²) in [5.74, 6) is 0. The van der Waals surface area contributed by atoms with Gasteiger partial charge in [0.2, 0.25) is 0 Å². The quantitative estimate of drug-likeness (QED) is 0.755. The molecular weight excluding hydrogens is 291 g/mol. The Balaban J connectivity index is 2.45. The average molecular weight is 308 g/mol. The molecule has 0 aromatic carbocycles. The Kier molecular flexibility index (Phi) is 6.28. The van der Waals surface area contributed by atoms with Crippen molar-refractivity contribution in [3.05, 3.63) is 29.0 Å². The summed E-state index contributed by atoms with van der Waals surface area (Å²) in [6, 6.07) is 1.94. The Morgan fingerprint density at radius 3 is 3.00 bits per heavy atom. The molecule has 0 aliphatic carbocycles. The summed E-state index contributed by atoms with van der Waals surface area (Å²) < 4.78 is 5.07. The van der Waals surface area contributed by atoms with Crippen LogP contribution < -0.4 is 0 Å². The Bertz CT molecular complexity index is 325. The summed E-state index contributed by atoms with van der Waals surface area (Å²) in [7, 11) is 3.76. The zero-order valence-corrected chi connectivity index (χ0v) is 11.8. The summed E-state index contributed by atoms with van der Waals surface area (Å²) in [6.45, 7) is 2.42. The molecule has 90 valence electrons. The average Bonchev–Trinajstić information content (AvgIpc) is 2.21. The van der Waals surface area contributed by atoms with Gasteiger partial charge in [-0.15, -0.1) is 0 Å². The minimum Gasteiger partial charge on any atom is -0.383 e. The van der Waals surface area contributed by atoms with E-state index in [1.807, 2.05) is 6.07 Å². The van der Waals surface area contributed by atoms with Crippen LogP contribution in [0.4, 0.5) is 0 Å². The molecule has 0 bridgehead atoms. The van der Waals surface area contributed by atoms with Crippen molar-refractivity contribution in [1.82, 2.24) is 9.88 Å². The van der Waals surface area contributed by atoms with Crippen LogP contribution >= 0.6 is 27.5 Å². The van der Waals surface area contributed by atoms with Gasteiger partial charge in [-0.1, -0.05) is 27.5 Å². The van der Waals surface area contributed by atoms with Gasteiger partial charge in [-0.2, -0.15) is 0 Å². The van der Waals surface area contributed by atoms with Crippen molar-refractivity contribution in [2.24, 2.45) is 0 Å². The van der Waals surface area contributed by atoms with Crippen LogP contribution in [0.5, 0.6) is 0 Å². The molecular formula is C11H16BrClN2O. The third kappa shape index (κ3) is 4.78. The number of rotatable bonds is 6. The lowest BCUT2D eigenvalue weighted by molar-refractivity contribution is 0.185. The molecule has 0 saturated heterocycles. The number of aromatic nitrogens is 1. The molecule has 1 aromatic heterocycles. The molecule has 3 nitrogen and oxygen atoms in total. The molecule has 1 atom stereocenters. The number of pyridine rings is 1. The van der Waals surface area contributed by atoms with E-state index < -0.39 is 0 Å². The first-order chi connectivity index (χ1) is 7.63. The lowest BCUT2D eigenvalue weighted by Crippen LogP contribution is -2.28. The Labute approximate surface area is 110 Å². The number of nitrogens with zero attached hydrogens (tertiary/aromatic N) is 2. The first-order valence-corrected chi connectivity index (χ1v) is 6.32. The minimum absolute atomic E-state index is 0.336. The van der Waals surface area contributed by atoms with Crippen LogP contribution in [0.25, 0.3) is 0 Å². The van der Waals surface area contributed by atoms with E-state index in [0.29, 0.717) is 16.5 Å². The van der Waals surface area contributed by atoms with Gasteiger partial charge in [0, 0.05) is 32.6 Å². The van der Waals surface area contributed by atoms with Crippen LogP contribution in [-0.4, -0.2) is 42.0 Å². The highest BCUT2D eigenvalue weighted by Crippen LogP contribution is 2.15. The lowest BCUT2D eigenvalue weighted by Gasteiger charge is -2.20. The molecule has 5 heteroatoms. The summed E-state index contributed by atoms with van der Waals surface area (Å²) in [5, 5.41) is 0.715. The van der Waals surface area contributed by atoms with E-state index in [1.54, 1.807) is 19.5 Å². The molecule has 0 radical (unpaired) electrons. The molecule has 0 spiro atoms. The topological polar surface area (TPSA) is 25.4 Å². The van der Waals surface area contributed by atoms with E-state index in [0.717, 1.165) is 18.7 Å². The molecule has 1 rings (SSSR count). The predicted octanol–water partition coefficient (Wildman–Crippen LogP) is 2.58. The zero-order valence-electron chi connectivity index (χ0n) is 9.49. The number of hydrogen-bond acceptors (Lipinski definition) is 3. The van der Waals surface area contributed by atoms with Crippen molar-refractivity contribution in [3.63, 3.8) is 0 Å². The second kappa shape index (κ2) is 7.22. The van der Waals surface area contributed by atoms with Gasteiger partial charge in [0.05, 0.1) is 16.5 Å². The van der Waals surface area contributed by atoms with Crippen LogP contribution in [0.1, 0.15) is 5.56 Å². The van der Waals surface area contributed by atoms with E-state index in [-0.39, 0.29) is 0 Å². The number of ether oxygens (including phenoxy) is 1. The van der Waals surface area contributed by atoms with Gasteiger partial charge in [-0.3, -0.25) is 4.98 Å². The first-order valence-electron chi connectivity index (χ1n) is 5.03. The highest BCUT2D eigenvalue weighted by Gasteiger charge is 2.09. The second-order valence-corrected chi connectivity index (χ2v) is 5.42. The smallest absolute Gasteiger partial charge is 0.0634 e. The van der Waals surface area contributed by atoms with E-state index in [4.69, 9.17) is 16.3 Å². The fourth-order valence-electron chi connectivity index (χ4n) is 1.46. The Morgan fingerprint density at radius 2 is 2.38 bits per heavy atom. The van der Waals surface area contributed by atoms with Crippen LogP contribution in [0.15, 0.2) is 18.5 Å². The van der Waals surface area contributed by atoms with Gasteiger partial charge >= 0.3 is 0 Å². The van der Waals surface area contributed by atoms with E-state index in [9.17, 15) is 0 Å². The van der Waals surface area contributed by atoms with Crippen molar-refractivity contribution in [2.45, 2.75) is 11.4 Å². The number of halogens is 2. The SMILES string of the molecule is COCC(Br)CN(C)Cc1ccncc1Cl. The largest absolute Gasteiger partial charge is 0.383 e. The molecule has 1 heterocycles. The minimum atomic E-state index is 0.336. The highest BCUT2D eigenvalue weighted by atomic mass is 79.9. The normalized spacial score (nSPS) is 13.1. The molecule has 0 aliphatic heterocycles. The van der Waals surface area contributed by atoms with Crippen LogP contribution in [0.3, 0.4) is 0 Å². The molecule has 1 aromatic rings. The van der Waals surface area contributed by atoms with Crippen molar-refractivity contribution >= 4 is 27.5 Å². The molecule has 0 N–H and O–H groups in total. The van der Waals surface area contributed by atoms with Crippen LogP contribution in [0, 0.1) is 0 Å². The first kappa shape index (κ1) is 13.9. The van der Waals surface area contributed by atoms with E-state index in [2.05, 4.69) is 32.9 Å². The zero-order chi connectivity index (χ0) is 12.0. The van der Waals surface area contributed by atoms with Crippen LogP contribution in [-0.2, 0) is 11.3 Å². The summed E-state index contributed by atoms with van der Waals surface area (Å²) in [4.78, 5) is 6.49. The number of hydrogen-bond donors (Lipinski definition) is 0. The third-order valence-corrected chi connectivity index (χ3v) is 3.05. The van der Waals surface area contributed by atoms with Crippen molar-refractivity contribution in [3.8, 4) is 0 Å². The Hall–Kier alpha value is -0.160. The van der Waals surface area contributed by atoms with Gasteiger partial charge in [0.25, 0.3) is 0 Å². The molecule has 0 amide bonds. The molecule has 0 saturated carbocycles. The maximum Gasteiger partial charge on any atom is 0.0634 e. The molecule has 0 fully saturated rings. The number of alkyl halides is 1.